The third-order valence-corrected chi connectivity index (χ3v) is 4.34. The summed E-state index contributed by atoms with van der Waals surface area (Å²) in [6, 6.07) is 9.43. The molecule has 3 rings (SSSR count). The minimum Gasteiger partial charge on any atom is -0.478 e. The van der Waals surface area contributed by atoms with E-state index >= 15 is 0 Å². The predicted octanol–water partition coefficient (Wildman–Crippen LogP) is 3.23. The molecule has 1 N–H and O–H groups in total. The Morgan fingerprint density at radius 2 is 2.08 bits per heavy atom. The Hall–Kier alpha value is -2.34. The van der Waals surface area contributed by atoms with Gasteiger partial charge >= 0.3 is 5.97 Å². The zero-order chi connectivity index (χ0) is 17.2. The third-order valence-electron chi connectivity index (χ3n) is 4.34. The number of carbonyl (C=O) groups is 1. The van der Waals surface area contributed by atoms with Crippen LogP contribution >= 0.6 is 0 Å². The van der Waals surface area contributed by atoms with Gasteiger partial charge in [0.05, 0.1) is 6.54 Å². The van der Waals surface area contributed by atoms with Gasteiger partial charge in [-0.15, -0.1) is 0 Å². The minimum absolute atomic E-state index is 0.243. The molecule has 1 saturated heterocycles. The van der Waals surface area contributed by atoms with Crippen molar-refractivity contribution in [3.05, 3.63) is 53.7 Å². The van der Waals surface area contributed by atoms with Crippen LogP contribution in [0.25, 0.3) is 0 Å². The molecular weight excluding hydrogens is 313 g/mol. The molecule has 1 aliphatic heterocycles. The van der Waals surface area contributed by atoms with Crippen molar-refractivity contribution in [2.45, 2.75) is 31.9 Å². The summed E-state index contributed by atoms with van der Waals surface area (Å²) in [5.41, 5.74) is -1.32. The molecule has 0 aliphatic carbocycles. The van der Waals surface area contributed by atoms with Crippen LogP contribution in [0.4, 0.5) is 4.39 Å². The lowest BCUT2D eigenvalue weighted by molar-refractivity contribution is -0.160. The molecule has 1 aromatic heterocycles. The fourth-order valence-electron chi connectivity index (χ4n) is 2.98. The maximum atomic E-state index is 13.3. The van der Waals surface area contributed by atoms with Gasteiger partial charge in [-0.25, -0.2) is 9.18 Å². The molecule has 0 spiro atoms. The predicted molar refractivity (Wildman–Crippen MR) is 85.4 cm³/mol. The summed E-state index contributed by atoms with van der Waals surface area (Å²) in [5.74, 6) is 0.504. The van der Waals surface area contributed by atoms with Crippen LogP contribution in [0, 0.1) is 12.7 Å². The van der Waals surface area contributed by atoms with Crippen molar-refractivity contribution in [1.29, 1.82) is 0 Å². The summed E-state index contributed by atoms with van der Waals surface area (Å²) in [5, 5.41) is 9.64. The van der Waals surface area contributed by atoms with Crippen molar-refractivity contribution < 1.29 is 23.4 Å². The Bertz CT molecular complexity index is 719. The maximum absolute atomic E-state index is 13.3. The first-order chi connectivity index (χ1) is 11.5. The number of ether oxygens (including phenoxy) is 1. The van der Waals surface area contributed by atoms with E-state index in [4.69, 9.17) is 9.15 Å². The second-order valence-corrected chi connectivity index (χ2v) is 6.15. The minimum atomic E-state index is -1.32. The number of likely N-dealkylation sites (tertiary alicyclic amines) is 1. The van der Waals surface area contributed by atoms with Crippen LogP contribution in [0.5, 0.6) is 5.75 Å². The Morgan fingerprint density at radius 3 is 2.67 bits per heavy atom. The van der Waals surface area contributed by atoms with Gasteiger partial charge in [-0.3, -0.25) is 4.90 Å². The molecule has 128 valence electrons. The Balaban J connectivity index is 1.66. The molecule has 0 amide bonds. The van der Waals surface area contributed by atoms with Crippen molar-refractivity contribution in [3.8, 4) is 5.75 Å². The first-order valence-corrected chi connectivity index (χ1v) is 7.92. The SMILES string of the molecule is Cc1ccc(CN2CCC(Oc3cccc(F)c3)(C(=O)O)CC2)o1. The Labute approximate surface area is 139 Å². The molecular formula is C18H20FNO4. The van der Waals surface area contributed by atoms with E-state index < -0.39 is 17.4 Å². The second-order valence-electron chi connectivity index (χ2n) is 6.15. The number of carboxylic acid groups (broad SMARTS) is 1. The number of furan rings is 1. The molecule has 1 fully saturated rings. The number of aryl methyl sites for hydroxylation is 1. The lowest BCUT2D eigenvalue weighted by Crippen LogP contribution is -2.53. The number of hydrogen-bond donors (Lipinski definition) is 1. The smallest absolute Gasteiger partial charge is 0.348 e. The molecule has 0 atom stereocenters. The molecule has 24 heavy (non-hydrogen) atoms. The molecule has 2 aromatic rings. The highest BCUT2D eigenvalue weighted by Gasteiger charge is 2.44. The second kappa shape index (κ2) is 6.65. The number of halogens is 1. The molecule has 0 unspecified atom stereocenters. The van der Waals surface area contributed by atoms with Gasteiger partial charge in [0.25, 0.3) is 0 Å². The van der Waals surface area contributed by atoms with Crippen LogP contribution in [-0.4, -0.2) is 34.7 Å². The number of piperidine rings is 1. The number of carboxylic acids is 1. The van der Waals surface area contributed by atoms with E-state index in [2.05, 4.69) is 4.90 Å². The van der Waals surface area contributed by atoms with E-state index in [9.17, 15) is 14.3 Å². The summed E-state index contributed by atoms with van der Waals surface area (Å²) >= 11 is 0. The van der Waals surface area contributed by atoms with E-state index in [1.807, 2.05) is 19.1 Å². The van der Waals surface area contributed by atoms with E-state index in [1.54, 1.807) is 6.07 Å². The number of aliphatic carboxylic acids is 1. The van der Waals surface area contributed by atoms with Gasteiger partial charge in [-0.2, -0.15) is 0 Å². The number of hydrogen-bond acceptors (Lipinski definition) is 4. The van der Waals surface area contributed by atoms with E-state index in [0.717, 1.165) is 11.5 Å². The standard InChI is InChI=1S/C18H20FNO4/c1-13-5-6-16(23-13)12-20-9-7-18(8-10-20,17(21)22)24-15-4-2-3-14(19)11-15/h2-6,11H,7-10,12H2,1H3,(H,21,22). The van der Waals surface area contributed by atoms with Gasteiger partial charge in [-0.05, 0) is 31.2 Å². The molecule has 1 aliphatic rings. The van der Waals surface area contributed by atoms with Crippen molar-refractivity contribution >= 4 is 5.97 Å². The van der Waals surface area contributed by atoms with Gasteiger partial charge in [0.2, 0.25) is 5.60 Å². The molecule has 0 saturated carbocycles. The Morgan fingerprint density at radius 1 is 1.33 bits per heavy atom. The highest BCUT2D eigenvalue weighted by molar-refractivity contribution is 5.78. The molecule has 0 radical (unpaired) electrons. The highest BCUT2D eigenvalue weighted by Crippen LogP contribution is 2.30. The third kappa shape index (κ3) is 3.59. The summed E-state index contributed by atoms with van der Waals surface area (Å²) in [4.78, 5) is 13.9. The lowest BCUT2D eigenvalue weighted by Gasteiger charge is -2.38. The van der Waals surface area contributed by atoms with Crippen molar-refractivity contribution in [1.82, 2.24) is 4.90 Å². The first kappa shape index (κ1) is 16.5. The van der Waals surface area contributed by atoms with E-state index in [1.165, 1.54) is 18.2 Å². The van der Waals surface area contributed by atoms with Gasteiger partial charge in [0.15, 0.2) is 0 Å². The van der Waals surface area contributed by atoms with Crippen LogP contribution in [0.3, 0.4) is 0 Å². The molecule has 6 heteroatoms. The lowest BCUT2D eigenvalue weighted by atomic mass is 9.91. The van der Waals surface area contributed by atoms with Crippen molar-refractivity contribution in [2.24, 2.45) is 0 Å². The van der Waals surface area contributed by atoms with Crippen LogP contribution in [0.1, 0.15) is 24.4 Å². The summed E-state index contributed by atoms with van der Waals surface area (Å²) in [7, 11) is 0. The van der Waals surface area contributed by atoms with Crippen molar-refractivity contribution in [2.75, 3.05) is 13.1 Å². The number of nitrogens with zero attached hydrogens (tertiary/aromatic N) is 1. The average Bonchev–Trinajstić information content (AvgIpc) is 2.94. The van der Waals surface area contributed by atoms with Gasteiger partial charge in [0, 0.05) is 32.0 Å². The van der Waals surface area contributed by atoms with E-state index in [0.29, 0.717) is 32.5 Å². The Kier molecular flexibility index (Phi) is 4.57. The summed E-state index contributed by atoms with van der Waals surface area (Å²) in [6.07, 6.45) is 0.664. The zero-order valence-electron chi connectivity index (χ0n) is 13.5. The van der Waals surface area contributed by atoms with Gasteiger partial charge < -0.3 is 14.3 Å². The fourth-order valence-corrected chi connectivity index (χ4v) is 2.98. The topological polar surface area (TPSA) is 62.9 Å². The summed E-state index contributed by atoms with van der Waals surface area (Å²) in [6.45, 7) is 3.67. The monoisotopic (exact) mass is 333 g/mol. The van der Waals surface area contributed by atoms with Crippen LogP contribution in [-0.2, 0) is 11.3 Å². The fraction of sp³-hybridized carbons (Fsp3) is 0.389. The molecule has 2 heterocycles. The maximum Gasteiger partial charge on any atom is 0.348 e. The quantitative estimate of drug-likeness (QED) is 0.910. The van der Waals surface area contributed by atoms with Gasteiger partial charge in [-0.1, -0.05) is 6.07 Å². The van der Waals surface area contributed by atoms with Crippen LogP contribution in [0.15, 0.2) is 40.8 Å². The number of benzene rings is 1. The highest BCUT2D eigenvalue weighted by atomic mass is 19.1. The first-order valence-electron chi connectivity index (χ1n) is 7.92. The molecule has 5 nitrogen and oxygen atoms in total. The van der Waals surface area contributed by atoms with E-state index in [-0.39, 0.29) is 5.75 Å². The molecule has 1 aromatic carbocycles. The zero-order valence-corrected chi connectivity index (χ0v) is 13.5. The average molecular weight is 333 g/mol. The van der Waals surface area contributed by atoms with Gasteiger partial charge in [0.1, 0.15) is 23.1 Å². The van der Waals surface area contributed by atoms with Crippen LogP contribution < -0.4 is 4.74 Å². The normalized spacial score (nSPS) is 17.6. The summed E-state index contributed by atoms with van der Waals surface area (Å²) < 4.78 is 24.6. The molecule has 0 bridgehead atoms. The van der Waals surface area contributed by atoms with Crippen molar-refractivity contribution in [3.63, 3.8) is 0 Å². The number of rotatable bonds is 5. The largest absolute Gasteiger partial charge is 0.478 e. The van der Waals surface area contributed by atoms with Crippen LogP contribution in [0.2, 0.25) is 0 Å².